The van der Waals surface area contributed by atoms with Crippen molar-refractivity contribution in [1.82, 2.24) is 9.29 Å². The van der Waals surface area contributed by atoms with Crippen molar-refractivity contribution >= 4 is 39.7 Å². The number of nitrogens with zero attached hydrogens (tertiary/aromatic N) is 4. The monoisotopic (exact) mass is 472 g/mol. The zero-order chi connectivity index (χ0) is 22.7. The van der Waals surface area contributed by atoms with E-state index in [1.54, 1.807) is 23.1 Å². The molecule has 2 aromatic carbocycles. The average Bonchev–Trinajstić information content (AvgIpc) is 3.22. The number of aromatic nitrogens is 1. The van der Waals surface area contributed by atoms with Crippen LogP contribution < -0.4 is 4.90 Å². The number of benzene rings is 2. The summed E-state index contributed by atoms with van der Waals surface area (Å²) in [5, 5.41) is 10.0. The maximum atomic E-state index is 13.5. The number of piperazine rings is 1. The summed E-state index contributed by atoms with van der Waals surface area (Å²) in [6.07, 6.45) is 3.36. The first-order chi connectivity index (χ1) is 15.4. The lowest BCUT2D eigenvalue weighted by Crippen LogP contribution is -2.48. The highest BCUT2D eigenvalue weighted by atomic mass is 35.5. The van der Waals surface area contributed by atoms with Gasteiger partial charge in [-0.15, -0.1) is 0 Å². The summed E-state index contributed by atoms with van der Waals surface area (Å²) in [6.45, 7) is 0.919. The second-order valence-corrected chi connectivity index (χ2v) is 9.37. The molecule has 0 saturated carbocycles. The van der Waals surface area contributed by atoms with Crippen molar-refractivity contribution < 1.29 is 17.2 Å². The highest BCUT2D eigenvalue weighted by Crippen LogP contribution is 2.26. The van der Waals surface area contributed by atoms with Crippen LogP contribution in [-0.2, 0) is 10.0 Å². The van der Waals surface area contributed by atoms with Gasteiger partial charge in [0, 0.05) is 37.3 Å². The van der Waals surface area contributed by atoms with Gasteiger partial charge in [0.1, 0.15) is 11.9 Å². The van der Waals surface area contributed by atoms with Gasteiger partial charge in [-0.3, -0.25) is 0 Å². The second-order valence-electron chi connectivity index (χ2n) is 7.02. The topological polar surface area (TPSA) is 90.4 Å². The number of hydrogen-bond acceptors (Lipinski definition) is 6. The minimum Gasteiger partial charge on any atom is -0.420 e. The molecule has 7 nitrogen and oxygen atoms in total. The van der Waals surface area contributed by atoms with E-state index in [0.717, 1.165) is 11.6 Å². The lowest BCUT2D eigenvalue weighted by atomic mass is 10.2. The third kappa shape index (κ3) is 4.53. The van der Waals surface area contributed by atoms with E-state index in [1.807, 2.05) is 24.3 Å². The van der Waals surface area contributed by atoms with Gasteiger partial charge in [-0.2, -0.15) is 14.6 Å². The highest BCUT2D eigenvalue weighted by molar-refractivity contribution is 7.89. The van der Waals surface area contributed by atoms with Crippen LogP contribution in [0.15, 0.2) is 57.8 Å². The molecular formula is C22H18ClFN4O3S. The van der Waals surface area contributed by atoms with Gasteiger partial charge in [0.15, 0.2) is 0 Å². The minimum absolute atomic E-state index is 0.0877. The van der Waals surface area contributed by atoms with Crippen LogP contribution in [0.25, 0.3) is 12.2 Å². The van der Waals surface area contributed by atoms with Crippen molar-refractivity contribution in [2.45, 2.75) is 4.90 Å². The minimum atomic E-state index is -3.81. The number of rotatable bonds is 5. The maximum absolute atomic E-state index is 13.5. The molecule has 0 unspecified atom stereocenters. The van der Waals surface area contributed by atoms with Gasteiger partial charge in [0.25, 0.3) is 0 Å². The number of sulfonamides is 1. The van der Waals surface area contributed by atoms with Crippen LogP contribution in [0.4, 0.5) is 10.3 Å². The Bertz CT molecular complexity index is 1310. The Morgan fingerprint density at radius 2 is 1.84 bits per heavy atom. The van der Waals surface area contributed by atoms with Crippen molar-refractivity contribution in [2.24, 2.45) is 0 Å². The molecule has 164 valence electrons. The summed E-state index contributed by atoms with van der Waals surface area (Å²) < 4.78 is 46.1. The van der Waals surface area contributed by atoms with Crippen LogP contribution >= 0.6 is 11.6 Å². The Kier molecular flexibility index (Phi) is 6.28. The molecule has 1 aromatic heterocycles. The predicted octanol–water partition coefficient (Wildman–Crippen LogP) is 4.02. The van der Waals surface area contributed by atoms with Gasteiger partial charge < -0.3 is 9.32 Å². The SMILES string of the molecule is N#Cc1nc(C=Cc2ccccc2Cl)oc1N1CCN(S(=O)(=O)c2cccc(F)c2)CC1. The number of oxazole rings is 1. The zero-order valence-corrected chi connectivity index (χ0v) is 18.4. The zero-order valence-electron chi connectivity index (χ0n) is 16.8. The quantitative estimate of drug-likeness (QED) is 0.557. The molecule has 3 aromatic rings. The van der Waals surface area contributed by atoms with Gasteiger partial charge in [-0.25, -0.2) is 12.8 Å². The first-order valence-corrected chi connectivity index (χ1v) is 11.5. The fraction of sp³-hybridized carbons (Fsp3) is 0.182. The third-order valence-corrected chi connectivity index (χ3v) is 7.24. The summed E-state index contributed by atoms with van der Waals surface area (Å²) in [5.74, 6) is -0.0807. The molecule has 0 aliphatic carbocycles. The van der Waals surface area contributed by atoms with Crippen molar-refractivity contribution in [3.05, 3.63) is 76.5 Å². The normalized spacial score (nSPS) is 15.2. The molecule has 0 atom stereocenters. The van der Waals surface area contributed by atoms with Gasteiger partial charge in [-0.05, 0) is 35.9 Å². The van der Waals surface area contributed by atoms with E-state index in [1.165, 1.54) is 22.5 Å². The summed E-state index contributed by atoms with van der Waals surface area (Å²) in [6, 6.07) is 14.2. The van der Waals surface area contributed by atoms with Crippen LogP contribution in [0.5, 0.6) is 0 Å². The molecule has 0 amide bonds. The second kappa shape index (κ2) is 9.12. The Morgan fingerprint density at radius 1 is 1.09 bits per heavy atom. The van der Waals surface area contributed by atoms with Gasteiger partial charge in [-0.1, -0.05) is 35.9 Å². The molecule has 32 heavy (non-hydrogen) atoms. The molecule has 1 aliphatic heterocycles. The molecule has 0 bridgehead atoms. The number of nitriles is 1. The molecule has 0 radical (unpaired) electrons. The number of halogens is 2. The summed E-state index contributed by atoms with van der Waals surface area (Å²) in [7, 11) is -3.81. The number of anilines is 1. The Hall–Kier alpha value is -3.19. The predicted molar refractivity (Wildman–Crippen MR) is 119 cm³/mol. The summed E-state index contributed by atoms with van der Waals surface area (Å²) in [5.41, 5.74) is 0.897. The van der Waals surface area contributed by atoms with Gasteiger partial charge in [0.2, 0.25) is 27.5 Å². The van der Waals surface area contributed by atoms with Gasteiger partial charge in [0.05, 0.1) is 4.90 Å². The van der Waals surface area contributed by atoms with Crippen LogP contribution in [0, 0.1) is 17.1 Å². The number of hydrogen-bond donors (Lipinski definition) is 0. The van der Waals surface area contributed by atoms with Crippen LogP contribution in [0.2, 0.25) is 5.02 Å². The lowest BCUT2D eigenvalue weighted by Gasteiger charge is -2.33. The Balaban J connectivity index is 1.49. The molecule has 1 saturated heterocycles. The Morgan fingerprint density at radius 3 is 2.53 bits per heavy atom. The fourth-order valence-corrected chi connectivity index (χ4v) is 5.02. The van der Waals surface area contributed by atoms with E-state index >= 15 is 0 Å². The van der Waals surface area contributed by atoms with Crippen molar-refractivity contribution in [3.8, 4) is 6.07 Å². The first-order valence-electron chi connectivity index (χ1n) is 9.72. The van der Waals surface area contributed by atoms with E-state index in [4.69, 9.17) is 16.0 Å². The van der Waals surface area contributed by atoms with E-state index in [-0.39, 0.29) is 35.5 Å². The van der Waals surface area contributed by atoms with E-state index in [2.05, 4.69) is 4.98 Å². The van der Waals surface area contributed by atoms with Crippen molar-refractivity contribution in [1.29, 1.82) is 5.26 Å². The van der Waals surface area contributed by atoms with Crippen LogP contribution in [0.3, 0.4) is 0 Å². The van der Waals surface area contributed by atoms with E-state index in [9.17, 15) is 18.1 Å². The molecule has 0 spiro atoms. The molecular weight excluding hydrogens is 455 g/mol. The van der Waals surface area contributed by atoms with E-state index in [0.29, 0.717) is 18.1 Å². The summed E-state index contributed by atoms with van der Waals surface area (Å²) >= 11 is 6.14. The molecule has 2 heterocycles. The highest BCUT2D eigenvalue weighted by Gasteiger charge is 2.31. The lowest BCUT2D eigenvalue weighted by molar-refractivity contribution is 0.373. The maximum Gasteiger partial charge on any atom is 0.243 e. The largest absolute Gasteiger partial charge is 0.420 e. The standard InChI is InChI=1S/C22H18ClFN4O3S/c23-19-7-2-1-4-16(19)8-9-21-26-20(15-25)22(31-21)27-10-12-28(13-11-27)32(29,30)18-6-3-5-17(24)14-18/h1-9,14H,10-13H2. The molecule has 10 heteroatoms. The van der Waals surface area contributed by atoms with Crippen molar-refractivity contribution in [3.63, 3.8) is 0 Å². The third-order valence-electron chi connectivity index (χ3n) is 5.00. The Labute approximate surface area is 190 Å². The summed E-state index contributed by atoms with van der Waals surface area (Å²) in [4.78, 5) is 5.89. The van der Waals surface area contributed by atoms with Crippen LogP contribution in [0.1, 0.15) is 17.1 Å². The first kappa shape index (κ1) is 22.0. The van der Waals surface area contributed by atoms with E-state index < -0.39 is 15.8 Å². The smallest absolute Gasteiger partial charge is 0.243 e. The molecule has 1 aliphatic rings. The molecule has 1 fully saturated rings. The van der Waals surface area contributed by atoms with Gasteiger partial charge >= 0.3 is 0 Å². The average molecular weight is 473 g/mol. The molecule has 4 rings (SSSR count). The molecule has 0 N–H and O–H groups in total. The van der Waals surface area contributed by atoms with Crippen molar-refractivity contribution in [2.75, 3.05) is 31.1 Å². The van der Waals surface area contributed by atoms with Crippen LogP contribution in [-0.4, -0.2) is 43.9 Å². The fourth-order valence-electron chi connectivity index (χ4n) is 3.37.